The van der Waals surface area contributed by atoms with Gasteiger partial charge in [-0.2, -0.15) is 0 Å². The van der Waals surface area contributed by atoms with Crippen LogP contribution in [0.3, 0.4) is 0 Å². The van der Waals surface area contributed by atoms with Crippen molar-refractivity contribution in [3.63, 3.8) is 0 Å². The smallest absolute Gasteiger partial charge is 0.0967 e. The second kappa shape index (κ2) is 5.73. The highest BCUT2D eigenvalue weighted by Gasteiger charge is 2.19. The first kappa shape index (κ1) is 13.1. The molecule has 0 fully saturated rings. The fourth-order valence-electron chi connectivity index (χ4n) is 1.13. The van der Waals surface area contributed by atoms with E-state index in [0.717, 1.165) is 0 Å². The van der Waals surface area contributed by atoms with Crippen LogP contribution in [0.2, 0.25) is 19.6 Å². The van der Waals surface area contributed by atoms with Gasteiger partial charge in [0.15, 0.2) is 0 Å². The maximum Gasteiger partial charge on any atom is 0.0967 e. The van der Waals surface area contributed by atoms with Crippen molar-refractivity contribution in [2.75, 3.05) is 5.34 Å². The Bertz CT molecular complexity index is 240. The average molecular weight is 239 g/mol. The van der Waals surface area contributed by atoms with E-state index < -0.39 is 8.07 Å². The Morgan fingerprint density at radius 2 is 1.69 bits per heavy atom. The Labute approximate surface area is 91.0 Å². The largest absolute Gasteiger partial charge is 0.472 e. The summed E-state index contributed by atoms with van der Waals surface area (Å²) in [7, 11) is -1.12. The molecule has 0 amide bonds. The molecule has 1 aromatic rings. The third-order valence-corrected chi connectivity index (χ3v) is 3.79. The summed E-state index contributed by atoms with van der Waals surface area (Å²) in [6.07, 6.45) is 3.72. The summed E-state index contributed by atoms with van der Waals surface area (Å²) >= 11 is 9.53. The standard InChI is InChI=1S/C8H14OSi.CH2Cl2/c1-7-5-9-6-8(7)10(2,3)4;2-1-3/h5-6H,1-4H3;1H2. The molecule has 0 bridgehead atoms. The second-order valence-corrected chi connectivity index (χ2v) is 9.67. The predicted octanol–water partition coefficient (Wildman–Crippen LogP) is 3.55. The van der Waals surface area contributed by atoms with Gasteiger partial charge in [0.05, 0.1) is 25.9 Å². The molecule has 1 rings (SSSR count). The number of halogens is 2. The van der Waals surface area contributed by atoms with Crippen molar-refractivity contribution in [3.8, 4) is 0 Å². The summed E-state index contributed by atoms with van der Waals surface area (Å²) in [5.74, 6) is 0. The van der Waals surface area contributed by atoms with Gasteiger partial charge in [-0.05, 0) is 17.7 Å². The lowest BCUT2D eigenvalue weighted by molar-refractivity contribution is 0.567. The van der Waals surface area contributed by atoms with Crippen molar-refractivity contribution in [3.05, 3.63) is 18.1 Å². The molecule has 0 aliphatic rings. The zero-order valence-electron chi connectivity index (χ0n) is 8.53. The lowest BCUT2D eigenvalue weighted by atomic mass is 10.4. The molecule has 0 unspecified atom stereocenters. The number of hydrogen-bond acceptors (Lipinski definition) is 1. The van der Waals surface area contributed by atoms with E-state index in [1.54, 1.807) is 0 Å². The maximum absolute atomic E-state index is 5.11. The number of furan rings is 1. The van der Waals surface area contributed by atoms with Crippen molar-refractivity contribution in [1.29, 1.82) is 0 Å². The van der Waals surface area contributed by atoms with Crippen molar-refractivity contribution < 1.29 is 4.42 Å². The van der Waals surface area contributed by atoms with Crippen LogP contribution < -0.4 is 5.19 Å². The van der Waals surface area contributed by atoms with Crippen molar-refractivity contribution in [2.45, 2.75) is 26.6 Å². The van der Waals surface area contributed by atoms with E-state index in [1.807, 2.05) is 12.5 Å². The molecule has 0 aliphatic heterocycles. The van der Waals surface area contributed by atoms with Crippen molar-refractivity contribution >= 4 is 36.5 Å². The van der Waals surface area contributed by atoms with Crippen LogP contribution in [-0.4, -0.2) is 13.4 Å². The lowest BCUT2D eigenvalue weighted by Gasteiger charge is -2.13. The van der Waals surface area contributed by atoms with Crippen LogP contribution in [0.1, 0.15) is 5.56 Å². The van der Waals surface area contributed by atoms with E-state index in [4.69, 9.17) is 27.6 Å². The van der Waals surface area contributed by atoms with Crippen LogP contribution in [0.25, 0.3) is 0 Å². The van der Waals surface area contributed by atoms with Crippen LogP contribution >= 0.6 is 23.2 Å². The zero-order chi connectivity index (χ0) is 10.5. The predicted molar refractivity (Wildman–Crippen MR) is 63.0 cm³/mol. The fourth-order valence-corrected chi connectivity index (χ4v) is 2.79. The quantitative estimate of drug-likeness (QED) is 0.539. The molecule has 0 aliphatic carbocycles. The zero-order valence-corrected chi connectivity index (χ0v) is 11.0. The van der Waals surface area contributed by atoms with E-state index in [1.165, 1.54) is 10.8 Å². The Morgan fingerprint density at radius 1 is 1.23 bits per heavy atom. The van der Waals surface area contributed by atoms with E-state index in [9.17, 15) is 0 Å². The minimum Gasteiger partial charge on any atom is -0.472 e. The van der Waals surface area contributed by atoms with Crippen LogP contribution in [0, 0.1) is 6.92 Å². The maximum atomic E-state index is 5.11. The molecule has 0 spiro atoms. The van der Waals surface area contributed by atoms with E-state index in [0.29, 0.717) is 0 Å². The summed E-state index contributed by atoms with van der Waals surface area (Å²) in [4.78, 5) is 0. The summed E-state index contributed by atoms with van der Waals surface area (Å²) in [6.45, 7) is 9.08. The molecule has 0 N–H and O–H groups in total. The molecule has 0 saturated carbocycles. The van der Waals surface area contributed by atoms with Gasteiger partial charge in [-0.25, -0.2) is 0 Å². The first-order valence-electron chi connectivity index (χ1n) is 4.08. The molecule has 1 heterocycles. The van der Waals surface area contributed by atoms with Crippen LogP contribution in [0.15, 0.2) is 16.9 Å². The molecule has 1 aromatic heterocycles. The number of aryl methyl sites for hydroxylation is 1. The second-order valence-electron chi connectivity index (χ2n) is 3.82. The van der Waals surface area contributed by atoms with Gasteiger partial charge in [0, 0.05) is 0 Å². The minimum absolute atomic E-state index is 0.194. The minimum atomic E-state index is -1.12. The molecule has 13 heavy (non-hydrogen) atoms. The van der Waals surface area contributed by atoms with Crippen LogP contribution in [0.4, 0.5) is 0 Å². The number of alkyl halides is 2. The van der Waals surface area contributed by atoms with Gasteiger partial charge in [-0.1, -0.05) is 19.6 Å². The summed E-state index contributed by atoms with van der Waals surface area (Å²) < 4.78 is 5.11. The highest BCUT2D eigenvalue weighted by atomic mass is 35.5. The highest BCUT2D eigenvalue weighted by molar-refractivity contribution is 6.89. The molecule has 0 aromatic carbocycles. The molecule has 0 atom stereocenters. The van der Waals surface area contributed by atoms with Crippen molar-refractivity contribution in [2.24, 2.45) is 0 Å². The van der Waals surface area contributed by atoms with E-state index >= 15 is 0 Å². The van der Waals surface area contributed by atoms with Gasteiger partial charge in [-0.15, -0.1) is 23.2 Å². The van der Waals surface area contributed by atoms with Gasteiger partial charge >= 0.3 is 0 Å². The molecule has 0 saturated heterocycles. The Hall–Kier alpha value is 0.0769. The molecule has 76 valence electrons. The molecule has 1 nitrogen and oxygen atoms in total. The fraction of sp³-hybridized carbons (Fsp3) is 0.556. The molecule has 4 heteroatoms. The summed E-state index contributed by atoms with van der Waals surface area (Å²) in [5.41, 5.74) is 1.30. The van der Waals surface area contributed by atoms with Gasteiger partial charge in [-0.3, -0.25) is 0 Å². The van der Waals surface area contributed by atoms with Gasteiger partial charge in [0.1, 0.15) is 0 Å². The SMILES string of the molecule is Cc1cocc1[Si](C)(C)C.ClCCl. The van der Waals surface area contributed by atoms with Gasteiger partial charge < -0.3 is 4.42 Å². The van der Waals surface area contributed by atoms with E-state index in [2.05, 4.69) is 26.6 Å². The topological polar surface area (TPSA) is 13.1 Å². The average Bonchev–Trinajstić information content (AvgIpc) is 2.35. The first-order chi connectivity index (χ1) is 5.93. The Kier molecular flexibility index (Phi) is 5.77. The summed E-state index contributed by atoms with van der Waals surface area (Å²) in [5, 5.41) is 1.63. The normalized spacial score (nSPS) is 10.6. The highest BCUT2D eigenvalue weighted by Crippen LogP contribution is 2.06. The van der Waals surface area contributed by atoms with Gasteiger partial charge in [0.25, 0.3) is 0 Å². The third-order valence-electron chi connectivity index (χ3n) is 1.66. The summed E-state index contributed by atoms with van der Waals surface area (Å²) in [6, 6.07) is 0. The lowest BCUT2D eigenvalue weighted by Crippen LogP contribution is -2.37. The van der Waals surface area contributed by atoms with E-state index in [-0.39, 0.29) is 5.34 Å². The number of hydrogen-bond donors (Lipinski definition) is 0. The molecular weight excluding hydrogens is 223 g/mol. The molecule has 0 radical (unpaired) electrons. The third kappa shape index (κ3) is 4.74. The Morgan fingerprint density at radius 3 is 1.85 bits per heavy atom. The monoisotopic (exact) mass is 238 g/mol. The van der Waals surface area contributed by atoms with Crippen molar-refractivity contribution in [1.82, 2.24) is 0 Å². The Balaban J connectivity index is 0.000000424. The van der Waals surface area contributed by atoms with Gasteiger partial charge in [0.2, 0.25) is 0 Å². The molecular formula is C9H16Cl2OSi. The van der Waals surface area contributed by atoms with Crippen LogP contribution in [0.5, 0.6) is 0 Å². The number of rotatable bonds is 1. The van der Waals surface area contributed by atoms with Crippen LogP contribution in [-0.2, 0) is 0 Å². The first-order valence-corrected chi connectivity index (χ1v) is 8.65.